The van der Waals surface area contributed by atoms with Gasteiger partial charge in [-0.1, -0.05) is 28.9 Å². The summed E-state index contributed by atoms with van der Waals surface area (Å²) in [6, 6.07) is 11.6. The first-order valence-electron chi connectivity index (χ1n) is 7.11. The molecule has 0 fully saturated rings. The molecule has 0 saturated carbocycles. The molecule has 3 aromatic rings. The highest BCUT2D eigenvalue weighted by atomic mass is 32.2. The Hall–Kier alpha value is -1.99. The van der Waals surface area contributed by atoms with Crippen LogP contribution in [0.3, 0.4) is 0 Å². The fraction of sp³-hybridized carbons (Fsp3) is 0.250. The Morgan fingerprint density at radius 3 is 2.83 bits per heavy atom. The van der Waals surface area contributed by atoms with Gasteiger partial charge in [-0.15, -0.1) is 11.3 Å². The number of aryl methyl sites for hydroxylation is 1. The summed E-state index contributed by atoms with van der Waals surface area (Å²) in [4.78, 5) is 5.21. The number of hydrogen-bond donors (Lipinski definition) is 0. The summed E-state index contributed by atoms with van der Waals surface area (Å²) < 4.78 is 22.8. The number of rotatable bonds is 7. The van der Waals surface area contributed by atoms with Crippen LogP contribution in [0.2, 0.25) is 0 Å². The lowest BCUT2D eigenvalue weighted by Gasteiger charge is -2.05. The molecular weight excluding hydrogens is 332 g/mol. The van der Waals surface area contributed by atoms with Crippen LogP contribution in [0.1, 0.15) is 11.5 Å². The molecule has 0 spiro atoms. The second-order valence-electron chi connectivity index (χ2n) is 4.94. The Morgan fingerprint density at radius 2 is 2.09 bits per heavy atom. The van der Waals surface area contributed by atoms with E-state index in [9.17, 15) is 4.21 Å². The molecule has 0 N–H and O–H groups in total. The summed E-state index contributed by atoms with van der Waals surface area (Å²) in [5.74, 6) is 2.38. The van der Waals surface area contributed by atoms with Crippen molar-refractivity contribution in [3.8, 4) is 16.5 Å². The van der Waals surface area contributed by atoms with Crippen molar-refractivity contribution >= 4 is 22.1 Å². The zero-order valence-corrected chi connectivity index (χ0v) is 14.2. The van der Waals surface area contributed by atoms with E-state index >= 15 is 0 Å². The van der Waals surface area contributed by atoms with Gasteiger partial charge in [0.2, 0.25) is 11.7 Å². The van der Waals surface area contributed by atoms with Crippen LogP contribution in [-0.2, 0) is 16.6 Å². The molecule has 3 rings (SSSR count). The number of ether oxygens (including phenoxy) is 1. The van der Waals surface area contributed by atoms with Crippen LogP contribution in [-0.4, -0.2) is 26.7 Å². The molecule has 7 heteroatoms. The van der Waals surface area contributed by atoms with E-state index in [2.05, 4.69) is 10.1 Å². The maximum atomic E-state index is 12.1. The van der Waals surface area contributed by atoms with Crippen molar-refractivity contribution < 1.29 is 13.5 Å². The molecule has 0 radical (unpaired) electrons. The third-order valence-corrected chi connectivity index (χ3v) is 5.15. The monoisotopic (exact) mass is 348 g/mol. The van der Waals surface area contributed by atoms with Crippen molar-refractivity contribution in [2.75, 3.05) is 12.4 Å². The van der Waals surface area contributed by atoms with E-state index in [0.29, 0.717) is 24.1 Å². The van der Waals surface area contributed by atoms with E-state index in [1.165, 1.54) is 16.9 Å². The average molecular weight is 348 g/mol. The van der Waals surface area contributed by atoms with Crippen molar-refractivity contribution in [1.29, 1.82) is 0 Å². The quantitative estimate of drug-likeness (QED) is 0.654. The predicted octanol–water partition coefficient (Wildman–Crippen LogP) is 3.43. The highest BCUT2D eigenvalue weighted by molar-refractivity contribution is 7.84. The standard InChI is InChI=1S/C16H16N2O3S2/c1-12-4-6-13(7-5-12)20-8-10-23(19)11-15-17-16(18-21-15)14-3-2-9-22-14/h2-7,9H,8,10-11H2,1H3. The van der Waals surface area contributed by atoms with Crippen LogP contribution >= 0.6 is 11.3 Å². The zero-order chi connectivity index (χ0) is 16.1. The fourth-order valence-corrected chi connectivity index (χ4v) is 3.37. The molecule has 2 heterocycles. The molecule has 2 aromatic heterocycles. The summed E-state index contributed by atoms with van der Waals surface area (Å²) >= 11 is 1.54. The molecule has 0 aliphatic carbocycles. The maximum absolute atomic E-state index is 12.1. The molecule has 120 valence electrons. The van der Waals surface area contributed by atoms with E-state index in [4.69, 9.17) is 9.26 Å². The molecule has 23 heavy (non-hydrogen) atoms. The lowest BCUT2D eigenvalue weighted by molar-refractivity contribution is 0.342. The first kappa shape index (κ1) is 15.9. The van der Waals surface area contributed by atoms with Gasteiger partial charge in [-0.3, -0.25) is 4.21 Å². The smallest absolute Gasteiger partial charge is 0.239 e. The lowest BCUT2D eigenvalue weighted by Crippen LogP contribution is -2.10. The second-order valence-corrected chi connectivity index (χ2v) is 7.46. The first-order chi connectivity index (χ1) is 11.2. The molecule has 0 aliphatic heterocycles. The SMILES string of the molecule is Cc1ccc(OCCS(=O)Cc2nc(-c3cccs3)no2)cc1. The van der Waals surface area contributed by atoms with Crippen molar-refractivity contribution in [1.82, 2.24) is 10.1 Å². The van der Waals surface area contributed by atoms with E-state index in [0.717, 1.165) is 10.6 Å². The fourth-order valence-electron chi connectivity index (χ4n) is 1.92. The minimum atomic E-state index is -1.10. The van der Waals surface area contributed by atoms with E-state index in [-0.39, 0.29) is 5.75 Å². The summed E-state index contributed by atoms with van der Waals surface area (Å²) in [7, 11) is -1.10. The van der Waals surface area contributed by atoms with Gasteiger partial charge in [0.05, 0.1) is 17.2 Å². The topological polar surface area (TPSA) is 65.2 Å². The normalized spacial score (nSPS) is 12.2. The molecule has 0 amide bonds. The van der Waals surface area contributed by atoms with Gasteiger partial charge in [0, 0.05) is 10.8 Å². The van der Waals surface area contributed by atoms with Crippen LogP contribution in [0.25, 0.3) is 10.7 Å². The van der Waals surface area contributed by atoms with E-state index in [1.807, 2.05) is 48.7 Å². The molecule has 0 saturated heterocycles. The van der Waals surface area contributed by atoms with Crippen LogP contribution < -0.4 is 4.74 Å². The van der Waals surface area contributed by atoms with Crippen LogP contribution in [0.5, 0.6) is 5.75 Å². The lowest BCUT2D eigenvalue weighted by atomic mass is 10.2. The van der Waals surface area contributed by atoms with Crippen molar-refractivity contribution in [3.63, 3.8) is 0 Å². The van der Waals surface area contributed by atoms with Gasteiger partial charge >= 0.3 is 0 Å². The number of thiophene rings is 1. The molecule has 1 aromatic carbocycles. The first-order valence-corrected chi connectivity index (χ1v) is 9.48. The summed E-state index contributed by atoms with van der Waals surface area (Å²) in [5.41, 5.74) is 1.18. The largest absolute Gasteiger partial charge is 0.493 e. The maximum Gasteiger partial charge on any atom is 0.239 e. The second kappa shape index (κ2) is 7.52. The Kier molecular flexibility index (Phi) is 5.19. The Bertz CT molecular complexity index is 767. The highest BCUT2D eigenvalue weighted by Crippen LogP contribution is 2.21. The predicted molar refractivity (Wildman–Crippen MR) is 91.0 cm³/mol. The molecule has 0 aliphatic rings. The van der Waals surface area contributed by atoms with Gasteiger partial charge in [-0.05, 0) is 30.5 Å². The minimum Gasteiger partial charge on any atom is -0.493 e. The molecule has 5 nitrogen and oxygen atoms in total. The third-order valence-electron chi connectivity index (χ3n) is 3.09. The van der Waals surface area contributed by atoms with Crippen molar-refractivity contribution in [3.05, 3.63) is 53.2 Å². The summed E-state index contributed by atoms with van der Waals surface area (Å²) in [6.07, 6.45) is 0. The average Bonchev–Trinajstić information content (AvgIpc) is 3.20. The minimum absolute atomic E-state index is 0.246. The zero-order valence-electron chi connectivity index (χ0n) is 12.6. The van der Waals surface area contributed by atoms with Gasteiger partial charge in [-0.25, -0.2) is 0 Å². The van der Waals surface area contributed by atoms with Crippen LogP contribution in [0.4, 0.5) is 0 Å². The summed E-state index contributed by atoms with van der Waals surface area (Å²) in [6.45, 7) is 2.41. The third kappa shape index (κ3) is 4.49. The Balaban J connectivity index is 1.47. The number of aromatic nitrogens is 2. The van der Waals surface area contributed by atoms with Crippen molar-refractivity contribution in [2.45, 2.75) is 12.7 Å². The number of nitrogens with zero attached hydrogens (tertiary/aromatic N) is 2. The highest BCUT2D eigenvalue weighted by Gasteiger charge is 2.12. The van der Waals surface area contributed by atoms with Gasteiger partial charge in [0.1, 0.15) is 11.5 Å². The van der Waals surface area contributed by atoms with E-state index < -0.39 is 10.8 Å². The van der Waals surface area contributed by atoms with Crippen molar-refractivity contribution in [2.24, 2.45) is 0 Å². The van der Waals surface area contributed by atoms with Gasteiger partial charge < -0.3 is 9.26 Å². The van der Waals surface area contributed by atoms with E-state index in [1.54, 1.807) is 0 Å². The molecule has 0 bridgehead atoms. The van der Waals surface area contributed by atoms with Gasteiger partial charge in [-0.2, -0.15) is 4.98 Å². The molecular formula is C16H16N2O3S2. The summed E-state index contributed by atoms with van der Waals surface area (Å²) in [5, 5.41) is 5.86. The van der Waals surface area contributed by atoms with Crippen LogP contribution in [0.15, 0.2) is 46.3 Å². The number of hydrogen-bond acceptors (Lipinski definition) is 6. The van der Waals surface area contributed by atoms with Gasteiger partial charge in [0.15, 0.2) is 0 Å². The molecule has 1 unspecified atom stereocenters. The van der Waals surface area contributed by atoms with Crippen LogP contribution in [0, 0.1) is 6.92 Å². The molecule has 1 atom stereocenters. The Labute approximate surface area is 140 Å². The Morgan fingerprint density at radius 1 is 1.26 bits per heavy atom. The number of benzene rings is 1. The van der Waals surface area contributed by atoms with Gasteiger partial charge in [0.25, 0.3) is 0 Å².